The summed E-state index contributed by atoms with van der Waals surface area (Å²) in [5, 5.41) is 2.43. The first-order valence-electron chi connectivity index (χ1n) is 11.4. The number of carbonyl (C=O) groups is 2. The molecule has 1 saturated heterocycles. The van der Waals surface area contributed by atoms with Crippen LogP contribution in [0.3, 0.4) is 0 Å². The van der Waals surface area contributed by atoms with Crippen LogP contribution in [-0.4, -0.2) is 60.8 Å². The highest BCUT2D eigenvalue weighted by atomic mass is 19.4. The van der Waals surface area contributed by atoms with Crippen LogP contribution in [0.1, 0.15) is 15.9 Å². The molecule has 7 nitrogen and oxygen atoms in total. The maximum atomic E-state index is 13.9. The van der Waals surface area contributed by atoms with Crippen molar-refractivity contribution < 1.29 is 36.6 Å². The van der Waals surface area contributed by atoms with Gasteiger partial charge in [-0.3, -0.25) is 14.5 Å². The molecule has 194 valence electrons. The van der Waals surface area contributed by atoms with E-state index in [4.69, 9.17) is 4.74 Å². The van der Waals surface area contributed by atoms with E-state index in [1.54, 1.807) is 41.3 Å². The number of anilines is 1. The molecule has 0 unspecified atom stereocenters. The van der Waals surface area contributed by atoms with Crippen molar-refractivity contribution in [3.05, 3.63) is 77.9 Å². The lowest BCUT2D eigenvalue weighted by atomic mass is 9.99. The van der Waals surface area contributed by atoms with Gasteiger partial charge < -0.3 is 14.8 Å². The fourth-order valence-electron chi connectivity index (χ4n) is 3.86. The Morgan fingerprint density at radius 2 is 1.78 bits per heavy atom. The van der Waals surface area contributed by atoms with Gasteiger partial charge in [-0.2, -0.15) is 4.39 Å². The number of hydrogen-bond acceptors (Lipinski definition) is 6. The molecule has 0 bridgehead atoms. The van der Waals surface area contributed by atoms with Crippen molar-refractivity contribution in [1.29, 1.82) is 0 Å². The van der Waals surface area contributed by atoms with Crippen LogP contribution in [0.2, 0.25) is 0 Å². The van der Waals surface area contributed by atoms with Crippen molar-refractivity contribution in [2.75, 3.05) is 38.2 Å². The standard InChI is InChI=1S/C26H23F4N3O4/c27-25-20(2-1-9-31-25)18-5-3-17(4-6-18)14-22(34)19-7-8-23(37-26(28,29)30)21(15-19)32-24(35)16-33-10-12-36-13-11-33/h1-9,15H,10-14,16H2,(H,32,35). The number of halogens is 4. The molecular formula is C26H23F4N3O4. The Bertz CT molecular complexity index is 1260. The smallest absolute Gasteiger partial charge is 0.404 e. The third kappa shape index (κ3) is 7.34. The minimum absolute atomic E-state index is 0.0448. The van der Waals surface area contributed by atoms with Gasteiger partial charge in [0.05, 0.1) is 25.4 Å². The van der Waals surface area contributed by atoms with Gasteiger partial charge in [0, 0.05) is 36.8 Å². The summed E-state index contributed by atoms with van der Waals surface area (Å²) in [5.41, 5.74) is 1.35. The minimum Gasteiger partial charge on any atom is -0.404 e. The highest BCUT2D eigenvalue weighted by Gasteiger charge is 2.32. The van der Waals surface area contributed by atoms with Gasteiger partial charge in [0.15, 0.2) is 11.5 Å². The Morgan fingerprint density at radius 3 is 2.46 bits per heavy atom. The average molecular weight is 517 g/mol. The number of ketones is 1. The maximum absolute atomic E-state index is 13.9. The lowest BCUT2D eigenvalue weighted by Gasteiger charge is -2.26. The fraction of sp³-hybridized carbons (Fsp3) is 0.269. The normalized spacial score (nSPS) is 14.3. The SMILES string of the molecule is O=C(CN1CCOCC1)Nc1cc(C(=O)Cc2ccc(-c3cccnc3F)cc2)ccc1OC(F)(F)F. The number of ether oxygens (including phenoxy) is 2. The molecule has 0 atom stereocenters. The zero-order valence-electron chi connectivity index (χ0n) is 19.6. The number of pyridine rings is 1. The van der Waals surface area contributed by atoms with Crippen LogP contribution >= 0.6 is 0 Å². The highest BCUT2D eigenvalue weighted by molar-refractivity contribution is 6.00. The molecule has 37 heavy (non-hydrogen) atoms. The van der Waals surface area contributed by atoms with Crippen molar-refractivity contribution in [1.82, 2.24) is 9.88 Å². The number of benzene rings is 2. The molecule has 3 aromatic rings. The van der Waals surface area contributed by atoms with Crippen LogP contribution in [0.25, 0.3) is 11.1 Å². The molecular weight excluding hydrogens is 494 g/mol. The molecule has 0 radical (unpaired) electrons. The summed E-state index contributed by atoms with van der Waals surface area (Å²) in [4.78, 5) is 30.8. The quantitative estimate of drug-likeness (QED) is 0.270. The van der Waals surface area contributed by atoms with Crippen LogP contribution in [0.5, 0.6) is 5.75 Å². The average Bonchev–Trinajstić information content (AvgIpc) is 2.86. The predicted molar refractivity (Wildman–Crippen MR) is 127 cm³/mol. The molecule has 0 aliphatic carbocycles. The van der Waals surface area contributed by atoms with Gasteiger partial charge in [-0.25, -0.2) is 4.98 Å². The largest absolute Gasteiger partial charge is 0.573 e. The van der Waals surface area contributed by atoms with Gasteiger partial charge >= 0.3 is 6.36 Å². The van der Waals surface area contributed by atoms with Crippen molar-refractivity contribution in [2.45, 2.75) is 12.8 Å². The second-order valence-corrected chi connectivity index (χ2v) is 8.33. The zero-order chi connectivity index (χ0) is 26.4. The van der Waals surface area contributed by atoms with Crippen molar-refractivity contribution in [2.24, 2.45) is 0 Å². The molecule has 2 heterocycles. The summed E-state index contributed by atoms with van der Waals surface area (Å²) in [7, 11) is 0. The van der Waals surface area contributed by atoms with Crippen LogP contribution in [0.4, 0.5) is 23.2 Å². The van der Waals surface area contributed by atoms with E-state index in [9.17, 15) is 27.2 Å². The zero-order valence-corrected chi connectivity index (χ0v) is 19.6. The molecule has 11 heteroatoms. The van der Waals surface area contributed by atoms with Crippen LogP contribution in [0.15, 0.2) is 60.8 Å². The molecule has 1 fully saturated rings. The number of amides is 1. The first kappa shape index (κ1) is 26.2. The van der Waals surface area contributed by atoms with E-state index >= 15 is 0 Å². The van der Waals surface area contributed by atoms with Gasteiger partial charge in [0.1, 0.15) is 0 Å². The molecule has 0 spiro atoms. The second-order valence-electron chi connectivity index (χ2n) is 8.33. The minimum atomic E-state index is -4.98. The molecule has 1 aliphatic rings. The van der Waals surface area contributed by atoms with Gasteiger partial charge in [0.25, 0.3) is 0 Å². The Morgan fingerprint density at radius 1 is 1.05 bits per heavy atom. The molecule has 1 N–H and O–H groups in total. The molecule has 1 aromatic heterocycles. The fourth-order valence-corrected chi connectivity index (χ4v) is 3.86. The van der Waals surface area contributed by atoms with Crippen LogP contribution in [-0.2, 0) is 16.0 Å². The maximum Gasteiger partial charge on any atom is 0.573 e. The molecule has 1 amide bonds. The monoisotopic (exact) mass is 517 g/mol. The number of carbonyl (C=O) groups excluding carboxylic acids is 2. The van der Waals surface area contributed by atoms with Gasteiger partial charge in [-0.05, 0) is 41.5 Å². The van der Waals surface area contributed by atoms with Crippen molar-refractivity contribution in [3.63, 3.8) is 0 Å². The van der Waals surface area contributed by atoms with Crippen LogP contribution < -0.4 is 10.1 Å². The number of nitrogens with zero attached hydrogens (tertiary/aromatic N) is 2. The number of aromatic nitrogens is 1. The van der Waals surface area contributed by atoms with Gasteiger partial charge in [-0.1, -0.05) is 24.3 Å². The van der Waals surface area contributed by atoms with E-state index in [-0.39, 0.29) is 30.0 Å². The number of alkyl halides is 3. The molecule has 1 aliphatic heterocycles. The summed E-state index contributed by atoms with van der Waals surface area (Å²) in [6.07, 6.45) is -3.70. The second kappa shape index (κ2) is 11.5. The third-order valence-electron chi connectivity index (χ3n) is 5.66. The Hall–Kier alpha value is -3.83. The van der Waals surface area contributed by atoms with Crippen molar-refractivity contribution in [3.8, 4) is 16.9 Å². The number of nitrogens with one attached hydrogen (secondary N) is 1. The Kier molecular flexibility index (Phi) is 8.14. The number of morpholine rings is 1. The van der Waals surface area contributed by atoms with E-state index < -0.39 is 24.0 Å². The summed E-state index contributed by atoms with van der Waals surface area (Å²) in [6.45, 7) is 1.90. The van der Waals surface area contributed by atoms with E-state index in [1.165, 1.54) is 18.3 Å². The lowest BCUT2D eigenvalue weighted by molar-refractivity contribution is -0.274. The van der Waals surface area contributed by atoms with Crippen molar-refractivity contribution >= 4 is 17.4 Å². The Labute approximate surface area is 210 Å². The summed E-state index contributed by atoms with van der Waals surface area (Å²) < 4.78 is 61.9. The number of Topliss-reactive ketones (excluding diaryl/α,β-unsaturated/α-hetero) is 1. The van der Waals surface area contributed by atoms with E-state index in [0.717, 1.165) is 6.07 Å². The molecule has 2 aromatic carbocycles. The van der Waals surface area contributed by atoms with Gasteiger partial charge in [0.2, 0.25) is 11.9 Å². The molecule has 4 rings (SSSR count). The number of hydrogen-bond donors (Lipinski definition) is 1. The van der Waals surface area contributed by atoms with Gasteiger partial charge in [-0.15, -0.1) is 13.2 Å². The van der Waals surface area contributed by atoms with E-state index in [0.29, 0.717) is 43.0 Å². The van der Waals surface area contributed by atoms with Crippen LogP contribution in [0, 0.1) is 5.95 Å². The Balaban J connectivity index is 1.49. The predicted octanol–water partition coefficient (Wildman–Crippen LogP) is 4.48. The van der Waals surface area contributed by atoms with E-state index in [1.807, 2.05) is 0 Å². The third-order valence-corrected chi connectivity index (χ3v) is 5.66. The topological polar surface area (TPSA) is 80.8 Å². The first-order chi connectivity index (χ1) is 17.7. The first-order valence-corrected chi connectivity index (χ1v) is 11.4. The highest BCUT2D eigenvalue weighted by Crippen LogP contribution is 2.32. The summed E-state index contributed by atoms with van der Waals surface area (Å²) in [5.74, 6) is -2.17. The number of rotatable bonds is 8. The van der Waals surface area contributed by atoms with E-state index in [2.05, 4.69) is 15.0 Å². The molecule has 0 saturated carbocycles. The summed E-state index contributed by atoms with van der Waals surface area (Å²) >= 11 is 0. The summed E-state index contributed by atoms with van der Waals surface area (Å²) in [6, 6.07) is 13.2. The lowest BCUT2D eigenvalue weighted by Crippen LogP contribution is -2.41.